The lowest BCUT2D eigenvalue weighted by atomic mass is 10.2. The molecule has 1 aromatic carbocycles. The summed E-state index contributed by atoms with van der Waals surface area (Å²) >= 11 is 0. The smallest absolute Gasteiger partial charge is 0.241 e. The van der Waals surface area contributed by atoms with E-state index in [9.17, 15) is 12.8 Å². The minimum absolute atomic E-state index is 0.00673. The summed E-state index contributed by atoms with van der Waals surface area (Å²) in [7, 11) is -3.91. The quantitative estimate of drug-likeness (QED) is 0.741. The van der Waals surface area contributed by atoms with Gasteiger partial charge in [0.1, 0.15) is 18.0 Å². The number of nitrogens with zero attached hydrogens (tertiary/aromatic N) is 2. The van der Waals surface area contributed by atoms with Gasteiger partial charge in [-0.05, 0) is 24.6 Å². The van der Waals surface area contributed by atoms with Crippen LogP contribution in [0.2, 0.25) is 0 Å². The number of halogens is 1. The highest BCUT2D eigenvalue weighted by Crippen LogP contribution is 2.19. The minimum atomic E-state index is -3.91. The third-order valence-electron chi connectivity index (χ3n) is 2.71. The molecule has 7 nitrogen and oxygen atoms in total. The third kappa shape index (κ3) is 3.00. The molecule has 0 saturated carbocycles. The number of nitrogens with two attached hydrogens (primary N) is 1. The molecule has 0 aliphatic heterocycles. The number of sulfonamides is 1. The Bertz CT molecular complexity index is 687. The summed E-state index contributed by atoms with van der Waals surface area (Å²) < 4.78 is 40.2. The fourth-order valence-corrected chi connectivity index (χ4v) is 3.19. The van der Waals surface area contributed by atoms with Gasteiger partial charge < -0.3 is 5.73 Å². The van der Waals surface area contributed by atoms with Crippen LogP contribution in [0.25, 0.3) is 0 Å². The van der Waals surface area contributed by atoms with Crippen LogP contribution in [0.3, 0.4) is 0 Å². The second kappa shape index (κ2) is 5.65. The van der Waals surface area contributed by atoms with E-state index < -0.39 is 21.9 Å². The lowest BCUT2D eigenvalue weighted by Gasteiger charge is -2.14. The molecule has 1 unspecified atom stereocenters. The van der Waals surface area contributed by atoms with Crippen molar-refractivity contribution in [1.29, 1.82) is 0 Å². The average molecular weight is 299 g/mol. The molecule has 0 aliphatic carbocycles. The van der Waals surface area contributed by atoms with Crippen LogP contribution in [-0.2, 0) is 16.6 Å². The van der Waals surface area contributed by atoms with Gasteiger partial charge in [-0.15, -0.1) is 0 Å². The lowest BCUT2D eigenvalue weighted by Crippen LogP contribution is -2.28. The number of benzene rings is 1. The highest BCUT2D eigenvalue weighted by Gasteiger charge is 2.23. The van der Waals surface area contributed by atoms with Gasteiger partial charge in [0.25, 0.3) is 0 Å². The number of aromatic nitrogens is 3. The molecular formula is C11H14FN5O2S. The van der Waals surface area contributed by atoms with Crippen LogP contribution in [0.15, 0.2) is 29.4 Å². The van der Waals surface area contributed by atoms with Gasteiger partial charge in [-0.25, -0.2) is 22.5 Å². The van der Waals surface area contributed by atoms with Crippen LogP contribution in [0.5, 0.6) is 0 Å². The first-order valence-electron chi connectivity index (χ1n) is 5.80. The maximum absolute atomic E-state index is 13.3. The number of hydrogen-bond donors (Lipinski definition) is 3. The van der Waals surface area contributed by atoms with E-state index in [2.05, 4.69) is 19.9 Å². The molecule has 108 valence electrons. The number of aromatic amines is 1. The van der Waals surface area contributed by atoms with E-state index in [1.54, 1.807) is 6.92 Å². The van der Waals surface area contributed by atoms with Gasteiger partial charge in [-0.1, -0.05) is 6.07 Å². The molecule has 0 bridgehead atoms. The van der Waals surface area contributed by atoms with Crippen LogP contribution in [-0.4, -0.2) is 23.6 Å². The summed E-state index contributed by atoms with van der Waals surface area (Å²) in [5.74, 6) is -0.283. The van der Waals surface area contributed by atoms with Crippen molar-refractivity contribution >= 4 is 10.0 Å². The van der Waals surface area contributed by atoms with Crippen LogP contribution in [0.1, 0.15) is 24.4 Å². The zero-order chi connectivity index (χ0) is 14.8. The van der Waals surface area contributed by atoms with Crippen molar-refractivity contribution in [3.05, 3.63) is 41.7 Å². The van der Waals surface area contributed by atoms with Gasteiger partial charge >= 0.3 is 0 Å². The standard InChI is InChI=1S/C11H14FN5O2S/c1-7(11-14-6-15-16-11)17-20(18,19)10-4-9(12)3-2-8(10)5-13/h2-4,6-7,17H,5,13H2,1H3,(H,14,15,16). The van der Waals surface area contributed by atoms with Crippen molar-refractivity contribution in [2.45, 2.75) is 24.4 Å². The van der Waals surface area contributed by atoms with E-state index in [0.29, 0.717) is 11.4 Å². The predicted octanol–water partition coefficient (Wildman–Crippen LogP) is 0.442. The molecule has 2 rings (SSSR count). The Morgan fingerprint density at radius 3 is 2.85 bits per heavy atom. The summed E-state index contributed by atoms with van der Waals surface area (Å²) in [6.07, 6.45) is 1.27. The van der Waals surface area contributed by atoms with Crippen LogP contribution >= 0.6 is 0 Å². The molecule has 0 spiro atoms. The SMILES string of the molecule is CC(NS(=O)(=O)c1cc(F)ccc1CN)c1ncn[nH]1. The average Bonchev–Trinajstić information content (AvgIpc) is 2.92. The molecule has 4 N–H and O–H groups in total. The van der Waals surface area contributed by atoms with Crippen molar-refractivity contribution in [2.24, 2.45) is 5.73 Å². The van der Waals surface area contributed by atoms with Crippen LogP contribution in [0.4, 0.5) is 4.39 Å². The Hall–Kier alpha value is -1.84. The van der Waals surface area contributed by atoms with E-state index in [4.69, 9.17) is 5.73 Å². The molecule has 0 saturated heterocycles. The van der Waals surface area contributed by atoms with E-state index >= 15 is 0 Å². The Balaban J connectivity index is 2.33. The highest BCUT2D eigenvalue weighted by atomic mass is 32.2. The number of nitrogens with one attached hydrogen (secondary N) is 2. The summed E-state index contributed by atoms with van der Waals surface area (Å²) in [5, 5.41) is 6.21. The predicted molar refractivity (Wildman–Crippen MR) is 69.4 cm³/mol. The molecule has 0 radical (unpaired) electrons. The Kier molecular flexibility index (Phi) is 4.12. The largest absolute Gasteiger partial charge is 0.326 e. The molecule has 1 heterocycles. The normalized spacial score (nSPS) is 13.3. The van der Waals surface area contributed by atoms with Crippen LogP contribution in [0, 0.1) is 5.82 Å². The third-order valence-corrected chi connectivity index (χ3v) is 4.34. The lowest BCUT2D eigenvalue weighted by molar-refractivity contribution is 0.556. The summed E-state index contributed by atoms with van der Waals surface area (Å²) in [4.78, 5) is 3.69. The van der Waals surface area contributed by atoms with Gasteiger partial charge in [0.05, 0.1) is 10.9 Å². The Morgan fingerprint density at radius 1 is 1.50 bits per heavy atom. The second-order valence-electron chi connectivity index (χ2n) is 4.17. The number of rotatable bonds is 5. The Morgan fingerprint density at radius 2 is 2.25 bits per heavy atom. The zero-order valence-corrected chi connectivity index (χ0v) is 11.5. The van der Waals surface area contributed by atoms with Gasteiger partial charge in [-0.2, -0.15) is 5.10 Å². The molecule has 1 atom stereocenters. The molecule has 1 aromatic heterocycles. The zero-order valence-electron chi connectivity index (χ0n) is 10.7. The van der Waals surface area contributed by atoms with E-state index in [-0.39, 0.29) is 11.4 Å². The van der Waals surface area contributed by atoms with Crippen LogP contribution < -0.4 is 10.5 Å². The molecule has 0 amide bonds. The number of hydrogen-bond acceptors (Lipinski definition) is 5. The van der Waals surface area contributed by atoms with Gasteiger partial charge in [0.15, 0.2) is 0 Å². The molecule has 0 fully saturated rings. The maximum Gasteiger partial charge on any atom is 0.241 e. The van der Waals surface area contributed by atoms with Crippen molar-refractivity contribution in [2.75, 3.05) is 0 Å². The van der Waals surface area contributed by atoms with Crippen molar-refractivity contribution in [3.8, 4) is 0 Å². The van der Waals surface area contributed by atoms with Gasteiger partial charge in [-0.3, -0.25) is 5.10 Å². The van der Waals surface area contributed by atoms with E-state index in [0.717, 1.165) is 6.07 Å². The fraction of sp³-hybridized carbons (Fsp3) is 0.273. The molecule has 2 aromatic rings. The summed E-state index contributed by atoms with van der Waals surface area (Å²) in [6, 6.07) is 2.83. The van der Waals surface area contributed by atoms with E-state index in [1.165, 1.54) is 18.5 Å². The second-order valence-corrected chi connectivity index (χ2v) is 5.85. The van der Waals surface area contributed by atoms with Crippen molar-refractivity contribution in [1.82, 2.24) is 19.9 Å². The molecule has 0 aliphatic rings. The topological polar surface area (TPSA) is 114 Å². The minimum Gasteiger partial charge on any atom is -0.326 e. The summed E-state index contributed by atoms with van der Waals surface area (Å²) in [6.45, 7) is 1.59. The number of H-pyrrole nitrogens is 1. The van der Waals surface area contributed by atoms with Gasteiger partial charge in [0.2, 0.25) is 10.0 Å². The van der Waals surface area contributed by atoms with E-state index in [1.807, 2.05) is 0 Å². The monoisotopic (exact) mass is 299 g/mol. The first kappa shape index (κ1) is 14.6. The van der Waals surface area contributed by atoms with Crippen molar-refractivity contribution in [3.63, 3.8) is 0 Å². The molecule has 9 heteroatoms. The van der Waals surface area contributed by atoms with Gasteiger partial charge in [0, 0.05) is 6.54 Å². The molecule has 20 heavy (non-hydrogen) atoms. The maximum atomic E-state index is 13.3. The first-order valence-corrected chi connectivity index (χ1v) is 7.28. The molecular weight excluding hydrogens is 285 g/mol. The first-order chi connectivity index (χ1) is 9.44. The summed E-state index contributed by atoms with van der Waals surface area (Å²) in [5.41, 5.74) is 5.82. The Labute approximate surface area is 115 Å². The fourth-order valence-electron chi connectivity index (χ4n) is 1.72. The highest BCUT2D eigenvalue weighted by molar-refractivity contribution is 7.89. The van der Waals surface area contributed by atoms with Crippen molar-refractivity contribution < 1.29 is 12.8 Å².